The minimum absolute atomic E-state index is 0.0730. The lowest BCUT2D eigenvalue weighted by Gasteiger charge is -2.16. The summed E-state index contributed by atoms with van der Waals surface area (Å²) in [6, 6.07) is 14.6. The highest BCUT2D eigenvalue weighted by Gasteiger charge is 2.28. The van der Waals surface area contributed by atoms with E-state index in [9.17, 15) is 19.7 Å². The van der Waals surface area contributed by atoms with Gasteiger partial charge in [0.15, 0.2) is 5.11 Å². The summed E-state index contributed by atoms with van der Waals surface area (Å²) >= 11 is 4.83. The number of hydrogen-bond donors (Lipinski definition) is 2. The van der Waals surface area contributed by atoms with Crippen LogP contribution >= 0.6 is 12.2 Å². The van der Waals surface area contributed by atoms with Crippen LogP contribution in [-0.4, -0.2) is 31.6 Å². The summed E-state index contributed by atoms with van der Waals surface area (Å²) in [6.45, 7) is 1.71. The zero-order valence-electron chi connectivity index (χ0n) is 16.6. The number of aromatic nitrogens is 2. The fourth-order valence-corrected chi connectivity index (χ4v) is 3.21. The van der Waals surface area contributed by atoms with E-state index < -0.39 is 16.7 Å². The third-order valence-electron chi connectivity index (χ3n) is 4.56. The Kier molecular flexibility index (Phi) is 5.48. The molecule has 1 fully saturated rings. The van der Waals surface area contributed by atoms with Crippen LogP contribution in [0.15, 0.2) is 60.2 Å². The summed E-state index contributed by atoms with van der Waals surface area (Å²) in [5.41, 5.74) is 1.31. The molecule has 2 heterocycles. The van der Waals surface area contributed by atoms with E-state index in [1.54, 1.807) is 6.92 Å². The number of para-hydroxylation sites is 1. The van der Waals surface area contributed by atoms with Crippen molar-refractivity contribution in [3.63, 3.8) is 0 Å². The van der Waals surface area contributed by atoms with Crippen LogP contribution in [0.1, 0.15) is 11.3 Å². The van der Waals surface area contributed by atoms with Gasteiger partial charge in [-0.2, -0.15) is 9.78 Å². The number of thiocarbonyl (C=S) groups is 1. The molecular formula is C21H15N5O5S. The molecule has 0 unspecified atom stereocenters. The number of nitro groups is 1. The lowest BCUT2D eigenvalue weighted by molar-refractivity contribution is -0.384. The van der Waals surface area contributed by atoms with Gasteiger partial charge in [-0.15, -0.1) is 0 Å². The van der Waals surface area contributed by atoms with E-state index in [1.807, 2.05) is 30.3 Å². The third kappa shape index (κ3) is 4.09. The van der Waals surface area contributed by atoms with Crippen LogP contribution in [-0.2, 0) is 9.59 Å². The number of amides is 2. The molecule has 0 bridgehead atoms. The Balaban J connectivity index is 1.83. The number of carbonyl (C=O) groups is 2. The summed E-state index contributed by atoms with van der Waals surface area (Å²) in [6.07, 6.45) is 1.37. The number of rotatable bonds is 5. The van der Waals surface area contributed by atoms with Crippen molar-refractivity contribution in [2.24, 2.45) is 0 Å². The molecule has 0 radical (unpaired) electrons. The van der Waals surface area contributed by atoms with Crippen LogP contribution in [0.3, 0.4) is 0 Å². The van der Waals surface area contributed by atoms with Gasteiger partial charge in [0.1, 0.15) is 11.3 Å². The fourth-order valence-electron chi connectivity index (χ4n) is 3.02. The number of benzene rings is 2. The second kappa shape index (κ2) is 8.40. The van der Waals surface area contributed by atoms with Gasteiger partial charge in [0, 0.05) is 12.1 Å². The van der Waals surface area contributed by atoms with Crippen molar-refractivity contribution in [1.82, 2.24) is 20.4 Å². The molecule has 1 aromatic heterocycles. The smallest absolute Gasteiger partial charge is 0.269 e. The Morgan fingerprint density at radius 2 is 1.69 bits per heavy atom. The minimum Gasteiger partial charge on any atom is -0.438 e. The molecule has 10 nitrogen and oxygen atoms in total. The molecule has 4 rings (SSSR count). The van der Waals surface area contributed by atoms with Crippen molar-refractivity contribution in [3.8, 4) is 17.3 Å². The fraction of sp³-hybridized carbons (Fsp3) is 0.0476. The molecule has 0 saturated carbocycles. The van der Waals surface area contributed by atoms with Crippen LogP contribution in [0.2, 0.25) is 0 Å². The van der Waals surface area contributed by atoms with Gasteiger partial charge in [-0.1, -0.05) is 18.2 Å². The van der Waals surface area contributed by atoms with E-state index in [2.05, 4.69) is 15.7 Å². The van der Waals surface area contributed by atoms with Gasteiger partial charge in [0.2, 0.25) is 5.88 Å². The highest BCUT2D eigenvalue weighted by Crippen LogP contribution is 2.33. The van der Waals surface area contributed by atoms with Gasteiger partial charge in [-0.3, -0.25) is 30.3 Å². The van der Waals surface area contributed by atoms with Gasteiger partial charge in [-0.05, 0) is 49.5 Å². The number of hydrogen-bond acceptors (Lipinski definition) is 7. The summed E-state index contributed by atoms with van der Waals surface area (Å²) in [4.78, 5) is 35.1. The van der Waals surface area contributed by atoms with E-state index in [0.29, 0.717) is 22.7 Å². The predicted octanol–water partition coefficient (Wildman–Crippen LogP) is 2.80. The third-order valence-corrected chi connectivity index (χ3v) is 4.76. The standard InChI is InChI=1S/C21H15N5O5S/c1-12-16(11-17-18(27)22-21(32)23-19(17)28)20(25(24-12)13-5-3-2-4-6-13)31-15-9-7-14(8-10-15)26(29)30/h2-11H,1H3,(H2,22,23,27,28,32). The summed E-state index contributed by atoms with van der Waals surface area (Å²) in [7, 11) is 0. The number of nitro benzene ring substituents is 1. The second-order valence-corrected chi connectivity index (χ2v) is 7.11. The van der Waals surface area contributed by atoms with Gasteiger partial charge in [0.25, 0.3) is 17.5 Å². The molecule has 2 amide bonds. The number of nitrogens with one attached hydrogen (secondary N) is 2. The van der Waals surface area contributed by atoms with Crippen molar-refractivity contribution < 1.29 is 19.2 Å². The Labute approximate surface area is 186 Å². The van der Waals surface area contributed by atoms with Gasteiger partial charge < -0.3 is 4.74 Å². The Hall–Kier alpha value is -4.38. The quantitative estimate of drug-likeness (QED) is 0.201. The average molecular weight is 449 g/mol. The first-order chi connectivity index (χ1) is 15.3. The number of carbonyl (C=O) groups excluding carboxylic acids is 2. The maximum atomic E-state index is 12.3. The average Bonchev–Trinajstić information content (AvgIpc) is 3.06. The Morgan fingerprint density at radius 3 is 2.28 bits per heavy atom. The molecule has 3 aromatic rings. The summed E-state index contributed by atoms with van der Waals surface area (Å²) in [5, 5.41) is 20.1. The highest BCUT2D eigenvalue weighted by molar-refractivity contribution is 7.80. The molecule has 1 saturated heterocycles. The maximum Gasteiger partial charge on any atom is 0.269 e. The van der Waals surface area contributed by atoms with Crippen molar-refractivity contribution in [3.05, 3.63) is 81.5 Å². The molecule has 32 heavy (non-hydrogen) atoms. The predicted molar refractivity (Wildman–Crippen MR) is 118 cm³/mol. The first-order valence-electron chi connectivity index (χ1n) is 9.29. The summed E-state index contributed by atoms with van der Waals surface area (Å²) in [5.74, 6) is -0.756. The molecule has 2 aromatic carbocycles. The first-order valence-corrected chi connectivity index (χ1v) is 9.70. The lowest BCUT2D eigenvalue weighted by Crippen LogP contribution is -2.51. The van der Waals surface area contributed by atoms with E-state index in [1.165, 1.54) is 35.0 Å². The molecule has 11 heteroatoms. The molecule has 0 aliphatic carbocycles. The van der Waals surface area contributed by atoms with E-state index in [-0.39, 0.29) is 22.3 Å². The zero-order chi connectivity index (χ0) is 22.8. The molecule has 1 aliphatic heterocycles. The van der Waals surface area contributed by atoms with Crippen molar-refractivity contribution in [2.45, 2.75) is 6.92 Å². The molecule has 2 N–H and O–H groups in total. The van der Waals surface area contributed by atoms with Crippen LogP contribution < -0.4 is 15.4 Å². The van der Waals surface area contributed by atoms with Crippen LogP contribution in [0.4, 0.5) is 5.69 Å². The minimum atomic E-state index is -0.646. The maximum absolute atomic E-state index is 12.3. The monoisotopic (exact) mass is 449 g/mol. The van der Waals surface area contributed by atoms with E-state index in [4.69, 9.17) is 17.0 Å². The lowest BCUT2D eigenvalue weighted by atomic mass is 10.1. The van der Waals surface area contributed by atoms with Crippen molar-refractivity contribution >= 4 is 40.9 Å². The van der Waals surface area contributed by atoms with E-state index >= 15 is 0 Å². The molecule has 1 aliphatic rings. The van der Waals surface area contributed by atoms with Crippen molar-refractivity contribution in [1.29, 1.82) is 0 Å². The Bertz CT molecular complexity index is 1260. The molecule has 160 valence electrons. The largest absolute Gasteiger partial charge is 0.438 e. The normalized spacial score (nSPS) is 13.4. The number of nitrogens with zero attached hydrogens (tertiary/aromatic N) is 3. The SMILES string of the molecule is Cc1nn(-c2ccccc2)c(Oc2ccc([N+](=O)[O-])cc2)c1C=C1C(=O)NC(=S)NC1=O. The van der Waals surface area contributed by atoms with Gasteiger partial charge in [0.05, 0.1) is 21.9 Å². The zero-order valence-corrected chi connectivity index (χ0v) is 17.4. The number of non-ortho nitro benzene ring substituents is 1. The van der Waals surface area contributed by atoms with Gasteiger partial charge in [-0.25, -0.2) is 0 Å². The summed E-state index contributed by atoms with van der Waals surface area (Å²) < 4.78 is 7.55. The van der Waals surface area contributed by atoms with Gasteiger partial charge >= 0.3 is 0 Å². The van der Waals surface area contributed by atoms with Crippen molar-refractivity contribution in [2.75, 3.05) is 0 Å². The van der Waals surface area contributed by atoms with Crippen LogP contribution in [0.5, 0.6) is 11.6 Å². The highest BCUT2D eigenvalue weighted by atomic mass is 32.1. The molecule has 0 spiro atoms. The molecular weight excluding hydrogens is 434 g/mol. The first kappa shape index (κ1) is 20.9. The number of aryl methyl sites for hydroxylation is 1. The van der Waals surface area contributed by atoms with Crippen LogP contribution in [0, 0.1) is 17.0 Å². The molecule has 0 atom stereocenters. The Morgan fingerprint density at radius 1 is 1.06 bits per heavy atom. The number of ether oxygens (including phenoxy) is 1. The van der Waals surface area contributed by atoms with Crippen LogP contribution in [0.25, 0.3) is 11.8 Å². The topological polar surface area (TPSA) is 128 Å². The van der Waals surface area contributed by atoms with E-state index in [0.717, 1.165) is 0 Å². The second-order valence-electron chi connectivity index (χ2n) is 6.70.